The lowest BCUT2D eigenvalue weighted by molar-refractivity contribution is 0.0688. The molecule has 1 rings (SSSR count). The topological polar surface area (TPSA) is 70.2 Å². The number of pyridine rings is 1. The van der Waals surface area contributed by atoms with Crippen LogP contribution < -0.4 is 5.43 Å². The fourth-order valence-corrected chi connectivity index (χ4v) is 1.01. The molecule has 0 aliphatic heterocycles. The molecule has 7 heteroatoms. The smallest absolute Gasteiger partial charge is 0.354 e. The Bertz CT molecular complexity index is 429. The molecule has 0 fully saturated rings. The first kappa shape index (κ1) is 10.6. The number of hydrogen-bond donors (Lipinski definition) is 2. The molecule has 2 N–H and O–H groups in total. The molecular formula is C7H4ClF2NO3. The van der Waals surface area contributed by atoms with Crippen molar-refractivity contribution in [1.29, 1.82) is 0 Å². The number of halogens is 3. The lowest BCUT2D eigenvalue weighted by Crippen LogP contribution is -2.13. The summed E-state index contributed by atoms with van der Waals surface area (Å²) in [6.07, 6.45) is -2.95. The number of aromatic amines is 1. The molecule has 0 saturated carbocycles. The molecule has 0 aliphatic carbocycles. The van der Waals surface area contributed by atoms with Gasteiger partial charge in [-0.1, -0.05) is 11.6 Å². The van der Waals surface area contributed by atoms with Crippen LogP contribution in [-0.2, 0) is 0 Å². The number of aromatic nitrogens is 1. The Kier molecular flexibility index (Phi) is 2.85. The molecule has 4 nitrogen and oxygen atoms in total. The maximum absolute atomic E-state index is 12.1. The molecule has 0 spiro atoms. The number of nitrogens with one attached hydrogen (secondary N) is 1. The molecule has 0 aromatic carbocycles. The number of H-pyrrole nitrogens is 1. The van der Waals surface area contributed by atoms with Crippen molar-refractivity contribution in [3.05, 3.63) is 32.7 Å². The van der Waals surface area contributed by atoms with Gasteiger partial charge in [0.1, 0.15) is 10.7 Å². The second-order valence-electron chi connectivity index (χ2n) is 2.38. The molecule has 1 aromatic heterocycles. The van der Waals surface area contributed by atoms with Gasteiger partial charge < -0.3 is 10.1 Å². The van der Waals surface area contributed by atoms with Gasteiger partial charge >= 0.3 is 5.97 Å². The van der Waals surface area contributed by atoms with Gasteiger partial charge in [0.2, 0.25) is 5.43 Å². The summed E-state index contributed by atoms with van der Waals surface area (Å²) < 4.78 is 24.2. The lowest BCUT2D eigenvalue weighted by atomic mass is 10.3. The zero-order chi connectivity index (χ0) is 10.9. The summed E-state index contributed by atoms with van der Waals surface area (Å²) >= 11 is 5.30. The van der Waals surface area contributed by atoms with Crippen LogP contribution in [0, 0.1) is 0 Å². The normalized spacial score (nSPS) is 10.6. The molecular weight excluding hydrogens is 220 g/mol. The maximum atomic E-state index is 12.1. The molecule has 1 heterocycles. The third-order valence-electron chi connectivity index (χ3n) is 1.44. The Hall–Kier alpha value is -1.43. The van der Waals surface area contributed by atoms with Crippen molar-refractivity contribution in [1.82, 2.24) is 4.98 Å². The second-order valence-corrected chi connectivity index (χ2v) is 2.76. The number of rotatable bonds is 2. The minimum atomic E-state index is -2.95. The van der Waals surface area contributed by atoms with E-state index in [-0.39, 0.29) is 0 Å². The van der Waals surface area contributed by atoms with Crippen molar-refractivity contribution in [3.8, 4) is 0 Å². The summed E-state index contributed by atoms with van der Waals surface area (Å²) in [6.45, 7) is 0. The number of alkyl halides is 2. The van der Waals surface area contributed by atoms with E-state index in [1.807, 2.05) is 4.98 Å². The van der Waals surface area contributed by atoms with Gasteiger partial charge in [0.15, 0.2) is 0 Å². The highest BCUT2D eigenvalue weighted by Crippen LogP contribution is 2.17. The quantitative estimate of drug-likeness (QED) is 0.801. The summed E-state index contributed by atoms with van der Waals surface area (Å²) in [4.78, 5) is 23.2. The summed E-state index contributed by atoms with van der Waals surface area (Å²) in [5.41, 5.74) is -2.44. The van der Waals surface area contributed by atoms with Crippen molar-refractivity contribution < 1.29 is 18.7 Å². The van der Waals surface area contributed by atoms with Gasteiger partial charge in [0, 0.05) is 6.07 Å². The molecule has 14 heavy (non-hydrogen) atoms. The average molecular weight is 224 g/mol. The van der Waals surface area contributed by atoms with Crippen LogP contribution in [0.1, 0.15) is 22.6 Å². The van der Waals surface area contributed by atoms with E-state index in [1.165, 1.54) is 0 Å². The third-order valence-corrected chi connectivity index (χ3v) is 1.82. The lowest BCUT2D eigenvalue weighted by Gasteiger charge is -2.03. The number of hydrogen-bond acceptors (Lipinski definition) is 2. The fraction of sp³-hybridized carbons (Fsp3) is 0.143. The van der Waals surface area contributed by atoms with Crippen molar-refractivity contribution in [2.45, 2.75) is 6.43 Å². The maximum Gasteiger partial charge on any atom is 0.354 e. The van der Waals surface area contributed by atoms with Crippen LogP contribution in [0.2, 0.25) is 5.02 Å². The van der Waals surface area contributed by atoms with Gasteiger partial charge in [-0.15, -0.1) is 0 Å². The Morgan fingerprint density at radius 1 is 1.57 bits per heavy atom. The summed E-state index contributed by atoms with van der Waals surface area (Å²) in [7, 11) is 0. The molecule has 0 aliphatic rings. The van der Waals surface area contributed by atoms with Gasteiger partial charge in [0.05, 0.1) is 5.69 Å². The number of aromatic carboxylic acids is 1. The van der Waals surface area contributed by atoms with Crippen LogP contribution in [0.4, 0.5) is 8.78 Å². The van der Waals surface area contributed by atoms with Crippen LogP contribution >= 0.6 is 11.6 Å². The molecule has 0 bridgehead atoms. The van der Waals surface area contributed by atoms with Crippen molar-refractivity contribution >= 4 is 17.6 Å². The predicted molar refractivity (Wildman–Crippen MR) is 44.0 cm³/mol. The van der Waals surface area contributed by atoms with Gasteiger partial charge in [-0.05, 0) is 0 Å². The molecule has 1 aromatic rings. The Morgan fingerprint density at radius 3 is 2.57 bits per heavy atom. The summed E-state index contributed by atoms with van der Waals surface area (Å²) in [5, 5.41) is 7.89. The molecule has 0 unspecified atom stereocenters. The highest BCUT2D eigenvalue weighted by Gasteiger charge is 2.17. The van der Waals surface area contributed by atoms with E-state index in [1.54, 1.807) is 0 Å². The molecule has 0 radical (unpaired) electrons. The highest BCUT2D eigenvalue weighted by atomic mass is 35.5. The number of carbonyl (C=O) groups is 1. The fourth-order valence-electron chi connectivity index (χ4n) is 0.828. The predicted octanol–water partition coefficient (Wildman–Crippen LogP) is 1.66. The van der Waals surface area contributed by atoms with Gasteiger partial charge in [-0.3, -0.25) is 4.79 Å². The molecule has 0 atom stereocenters. The zero-order valence-electron chi connectivity index (χ0n) is 6.55. The van der Waals surface area contributed by atoms with Crippen LogP contribution in [0.5, 0.6) is 0 Å². The second kappa shape index (κ2) is 3.75. The number of carboxylic acids is 1. The van der Waals surface area contributed by atoms with E-state index in [0.29, 0.717) is 6.07 Å². The average Bonchev–Trinajstić information content (AvgIpc) is 2.08. The standard InChI is InChI=1S/C7H4ClF2NO3/c8-4-3(12)1-2(6(9)10)11-5(4)7(13)14/h1,6H,(H,11,12)(H,13,14). The highest BCUT2D eigenvalue weighted by molar-refractivity contribution is 6.33. The number of carboxylic acid groups (broad SMARTS) is 1. The van der Waals surface area contributed by atoms with Crippen molar-refractivity contribution in [2.75, 3.05) is 0 Å². The monoisotopic (exact) mass is 223 g/mol. The Balaban J connectivity index is 3.43. The molecule has 0 saturated heterocycles. The summed E-state index contributed by atoms with van der Waals surface area (Å²) in [5.74, 6) is -1.56. The van der Waals surface area contributed by atoms with Crippen LogP contribution in [0.15, 0.2) is 10.9 Å². The van der Waals surface area contributed by atoms with E-state index in [0.717, 1.165) is 0 Å². The molecule has 0 amide bonds. The Morgan fingerprint density at radius 2 is 2.14 bits per heavy atom. The molecule has 76 valence electrons. The Labute approximate surface area is 81.1 Å². The van der Waals surface area contributed by atoms with E-state index >= 15 is 0 Å². The first-order valence-corrected chi connectivity index (χ1v) is 3.75. The van der Waals surface area contributed by atoms with E-state index in [2.05, 4.69) is 0 Å². The largest absolute Gasteiger partial charge is 0.477 e. The first-order valence-electron chi connectivity index (χ1n) is 3.37. The van der Waals surface area contributed by atoms with Crippen LogP contribution in [0.3, 0.4) is 0 Å². The SMILES string of the molecule is O=C(O)c1[nH]c(C(F)F)cc(=O)c1Cl. The van der Waals surface area contributed by atoms with Gasteiger partial charge in [-0.2, -0.15) is 0 Å². The minimum absolute atomic E-state index is 0.569. The van der Waals surface area contributed by atoms with Crippen LogP contribution in [-0.4, -0.2) is 16.1 Å². The van der Waals surface area contributed by atoms with E-state index in [9.17, 15) is 18.4 Å². The zero-order valence-corrected chi connectivity index (χ0v) is 7.31. The third kappa shape index (κ3) is 1.90. The van der Waals surface area contributed by atoms with Gasteiger partial charge in [0.25, 0.3) is 6.43 Å². The minimum Gasteiger partial charge on any atom is -0.477 e. The van der Waals surface area contributed by atoms with Crippen LogP contribution in [0.25, 0.3) is 0 Å². The van der Waals surface area contributed by atoms with Gasteiger partial charge in [-0.25, -0.2) is 13.6 Å². The van der Waals surface area contributed by atoms with E-state index < -0.39 is 34.2 Å². The van der Waals surface area contributed by atoms with Crippen molar-refractivity contribution in [3.63, 3.8) is 0 Å². The van der Waals surface area contributed by atoms with Crippen molar-refractivity contribution in [2.24, 2.45) is 0 Å². The first-order chi connectivity index (χ1) is 6.43. The summed E-state index contributed by atoms with van der Waals surface area (Å²) in [6, 6.07) is 0.569. The van der Waals surface area contributed by atoms with E-state index in [4.69, 9.17) is 16.7 Å².